The van der Waals surface area contributed by atoms with Crippen LogP contribution < -0.4 is 0 Å². The molecule has 0 aliphatic carbocycles. The number of rotatable bonds is 1. The van der Waals surface area contributed by atoms with Crippen molar-refractivity contribution in [3.63, 3.8) is 0 Å². The van der Waals surface area contributed by atoms with E-state index in [-0.39, 0.29) is 46.2 Å². The molecule has 0 amide bonds. The van der Waals surface area contributed by atoms with E-state index >= 15 is 0 Å². The van der Waals surface area contributed by atoms with Gasteiger partial charge in [-0.05, 0) is 13.8 Å². The summed E-state index contributed by atoms with van der Waals surface area (Å²) in [7, 11) is 0. The van der Waals surface area contributed by atoms with Crippen molar-refractivity contribution in [2.24, 2.45) is 0 Å². The minimum absolute atomic E-state index is 0. The summed E-state index contributed by atoms with van der Waals surface area (Å²) < 4.78 is 5.54. The number of nitrogens with zero attached hydrogens (tertiary/aromatic N) is 1. The number of ketones is 1. The number of aliphatic hydroxyl groups excluding tert-OH is 1. The van der Waals surface area contributed by atoms with Crippen LogP contribution in [0.15, 0.2) is 72.6 Å². The number of carbonyl (C=O) groups is 1. The summed E-state index contributed by atoms with van der Waals surface area (Å²) in [5, 5.41) is 14.7. The van der Waals surface area contributed by atoms with Crippen LogP contribution in [0.2, 0.25) is 0 Å². The number of benzene rings is 3. The Morgan fingerprint density at radius 2 is 1.81 bits per heavy atom. The van der Waals surface area contributed by atoms with Crippen LogP contribution >= 0.6 is 11.3 Å². The summed E-state index contributed by atoms with van der Waals surface area (Å²) in [5.74, 6) is -0.0625. The molecule has 0 spiro atoms. The molecule has 161 valence electrons. The first-order valence-corrected chi connectivity index (χ1v) is 12.4. The Morgan fingerprint density at radius 3 is 2.56 bits per heavy atom. The summed E-state index contributed by atoms with van der Waals surface area (Å²) in [6.45, 7) is 2.85. The van der Waals surface area contributed by atoms with Crippen molar-refractivity contribution >= 4 is 82.0 Å². The average Bonchev–Trinajstić information content (AvgIpc) is 3.05. The van der Waals surface area contributed by atoms with Crippen LogP contribution in [0.5, 0.6) is 0 Å². The zero-order chi connectivity index (χ0) is 21.5. The molecule has 0 unspecified atom stereocenters. The molecular formula is C26H18IrNO2SSe-. The van der Waals surface area contributed by atoms with Gasteiger partial charge in [-0.15, -0.1) is 0 Å². The topological polar surface area (TPSA) is 50.2 Å². The molecule has 0 saturated carbocycles. The molecule has 0 aliphatic heterocycles. The number of allylic oxidation sites excluding steroid dienone is 2. The SMILES string of the molecule is CC(=O)/C=C(/C)O.[Ir].[c-]1c2ccccc2cc2[se]c3cccc4sc5ccnc(c12)c5c43. The zero-order valence-electron chi connectivity index (χ0n) is 17.3. The first-order valence-electron chi connectivity index (χ1n) is 9.82. The van der Waals surface area contributed by atoms with Gasteiger partial charge in [0.15, 0.2) is 5.78 Å². The molecule has 6 rings (SSSR count). The van der Waals surface area contributed by atoms with Gasteiger partial charge >= 0.3 is 148 Å². The van der Waals surface area contributed by atoms with E-state index < -0.39 is 0 Å². The van der Waals surface area contributed by atoms with Crippen LogP contribution in [-0.4, -0.2) is 30.4 Å². The quantitative estimate of drug-likeness (QED) is 0.0901. The van der Waals surface area contributed by atoms with Gasteiger partial charge in [0.1, 0.15) is 0 Å². The number of thiophene rings is 1. The van der Waals surface area contributed by atoms with Gasteiger partial charge in [0.25, 0.3) is 0 Å². The molecule has 32 heavy (non-hydrogen) atoms. The van der Waals surface area contributed by atoms with Crippen LogP contribution in [0.25, 0.3) is 50.4 Å². The predicted molar refractivity (Wildman–Crippen MR) is 132 cm³/mol. The van der Waals surface area contributed by atoms with E-state index in [4.69, 9.17) is 10.1 Å². The van der Waals surface area contributed by atoms with E-state index in [2.05, 4.69) is 60.7 Å². The Bertz CT molecular complexity index is 1640. The van der Waals surface area contributed by atoms with E-state index in [1.807, 2.05) is 17.5 Å². The standard InChI is InChI=1S/C21H10NSSe.C5H8O2.Ir/c1-2-5-13-11-18-14(10-12(13)4-1)21-20-16(8-9-22-21)23-15-6-3-7-17(24-18)19(15)20;1-4(6)3-5(2)7;/h1-9,11H;3,6H,1-2H3;/q-1;;/b;4-3-;. The van der Waals surface area contributed by atoms with Crippen molar-refractivity contribution in [3.8, 4) is 0 Å². The van der Waals surface area contributed by atoms with Gasteiger partial charge < -0.3 is 5.11 Å². The number of hydrogen-bond donors (Lipinski definition) is 1. The Labute approximate surface area is 208 Å². The van der Waals surface area contributed by atoms with Crippen molar-refractivity contribution < 1.29 is 30.0 Å². The number of hydrogen-bond acceptors (Lipinski definition) is 4. The monoisotopic (exact) mass is 681 g/mol. The van der Waals surface area contributed by atoms with E-state index in [0.717, 1.165) is 5.52 Å². The Morgan fingerprint density at radius 1 is 1.03 bits per heavy atom. The van der Waals surface area contributed by atoms with E-state index in [1.54, 1.807) is 0 Å². The Kier molecular flexibility index (Phi) is 6.62. The molecule has 0 aliphatic rings. The molecule has 0 atom stereocenters. The Balaban J connectivity index is 0.000000271. The van der Waals surface area contributed by atoms with Crippen LogP contribution in [-0.2, 0) is 24.9 Å². The van der Waals surface area contributed by atoms with E-state index in [1.165, 1.54) is 64.8 Å². The second-order valence-corrected chi connectivity index (χ2v) is 10.7. The molecule has 3 aromatic heterocycles. The summed E-state index contributed by atoms with van der Waals surface area (Å²) in [6, 6.07) is 23.4. The van der Waals surface area contributed by atoms with Crippen molar-refractivity contribution in [1.29, 1.82) is 0 Å². The fourth-order valence-corrected chi connectivity index (χ4v) is 7.47. The first-order chi connectivity index (χ1) is 15.0. The van der Waals surface area contributed by atoms with Gasteiger partial charge in [-0.1, -0.05) is 0 Å². The molecule has 3 aromatic carbocycles. The van der Waals surface area contributed by atoms with Gasteiger partial charge in [-0.25, -0.2) is 0 Å². The Hall–Kier alpha value is -2.33. The molecule has 1 N–H and O–H groups in total. The third-order valence-corrected chi connectivity index (χ3v) is 8.43. The zero-order valence-corrected chi connectivity index (χ0v) is 22.2. The number of carbonyl (C=O) groups excluding carboxylic acids is 1. The maximum absolute atomic E-state index is 10.0. The fraction of sp³-hybridized carbons (Fsp3) is 0.0769. The van der Waals surface area contributed by atoms with E-state index in [9.17, 15) is 4.79 Å². The summed E-state index contributed by atoms with van der Waals surface area (Å²) in [6.07, 6.45) is 3.11. The minimum atomic E-state index is -0.125. The summed E-state index contributed by atoms with van der Waals surface area (Å²) in [4.78, 5) is 14.8. The van der Waals surface area contributed by atoms with Crippen LogP contribution in [0.4, 0.5) is 0 Å². The van der Waals surface area contributed by atoms with Crippen molar-refractivity contribution in [1.82, 2.24) is 4.98 Å². The van der Waals surface area contributed by atoms with Gasteiger partial charge in [0.05, 0.1) is 5.76 Å². The van der Waals surface area contributed by atoms with Gasteiger partial charge in [0, 0.05) is 26.2 Å². The number of aliphatic hydroxyl groups is 1. The van der Waals surface area contributed by atoms with Crippen molar-refractivity contribution in [3.05, 3.63) is 78.7 Å². The van der Waals surface area contributed by atoms with Crippen molar-refractivity contribution in [2.75, 3.05) is 0 Å². The number of pyridine rings is 1. The fourth-order valence-electron chi connectivity index (χ4n) is 3.82. The molecule has 3 heterocycles. The van der Waals surface area contributed by atoms with Crippen molar-refractivity contribution in [2.45, 2.75) is 13.8 Å². The molecule has 0 fully saturated rings. The third kappa shape index (κ3) is 4.17. The van der Waals surface area contributed by atoms with Gasteiger partial charge in [-0.2, -0.15) is 0 Å². The molecule has 1 radical (unpaired) electrons. The maximum atomic E-state index is 10.0. The summed E-state index contributed by atoms with van der Waals surface area (Å²) >= 11 is 2.14. The predicted octanol–water partition coefficient (Wildman–Crippen LogP) is 6.80. The average molecular weight is 680 g/mol. The number of aromatic nitrogens is 1. The molecule has 6 aromatic rings. The van der Waals surface area contributed by atoms with Crippen LogP contribution in [0.1, 0.15) is 13.8 Å². The van der Waals surface area contributed by atoms with E-state index in [0.29, 0.717) is 0 Å². The molecule has 0 saturated heterocycles. The third-order valence-electron chi connectivity index (χ3n) is 4.99. The normalized spacial score (nSPS) is 11.6. The van der Waals surface area contributed by atoms with Gasteiger partial charge in [-0.3, -0.25) is 4.79 Å². The van der Waals surface area contributed by atoms with Gasteiger partial charge in [0.2, 0.25) is 0 Å². The molecule has 6 heteroatoms. The molecule has 0 bridgehead atoms. The first kappa shape index (κ1) is 22.8. The number of fused-ring (bicyclic) bond motifs is 3. The van der Waals surface area contributed by atoms with Crippen LogP contribution in [0, 0.1) is 6.07 Å². The molecular weight excluding hydrogens is 662 g/mol. The van der Waals surface area contributed by atoms with Crippen LogP contribution in [0.3, 0.4) is 0 Å². The second-order valence-electron chi connectivity index (χ2n) is 7.36. The second kappa shape index (κ2) is 9.27. The molecule has 3 nitrogen and oxygen atoms in total. The summed E-state index contributed by atoms with van der Waals surface area (Å²) in [5.41, 5.74) is 1.10.